The van der Waals surface area contributed by atoms with Gasteiger partial charge in [0.05, 0.1) is 19.3 Å². The van der Waals surface area contributed by atoms with Crippen molar-refractivity contribution in [2.24, 2.45) is 0 Å². The van der Waals surface area contributed by atoms with Crippen molar-refractivity contribution in [2.45, 2.75) is 6.04 Å². The van der Waals surface area contributed by atoms with Crippen molar-refractivity contribution >= 4 is 29.0 Å². The number of benzene rings is 1. The SMILES string of the molecule is O=C(Nc1cc(F)cc(N2CCOCC2)c1)C1CSCN1. The van der Waals surface area contributed by atoms with Gasteiger partial charge in [-0.1, -0.05) is 0 Å². The molecule has 2 N–H and O–H groups in total. The number of carbonyl (C=O) groups excluding carboxylic acids is 1. The van der Waals surface area contributed by atoms with Crippen molar-refractivity contribution in [1.82, 2.24) is 5.32 Å². The molecule has 1 unspecified atom stereocenters. The summed E-state index contributed by atoms with van der Waals surface area (Å²) < 4.78 is 19.1. The van der Waals surface area contributed by atoms with Crippen LogP contribution in [-0.4, -0.2) is 49.9 Å². The van der Waals surface area contributed by atoms with Crippen LogP contribution in [0.25, 0.3) is 0 Å². The van der Waals surface area contributed by atoms with Gasteiger partial charge in [0.2, 0.25) is 5.91 Å². The van der Waals surface area contributed by atoms with E-state index >= 15 is 0 Å². The minimum Gasteiger partial charge on any atom is -0.378 e. The van der Waals surface area contributed by atoms with Gasteiger partial charge in [0.25, 0.3) is 0 Å². The summed E-state index contributed by atoms with van der Waals surface area (Å²) >= 11 is 1.68. The van der Waals surface area contributed by atoms with Gasteiger partial charge in [0, 0.05) is 36.1 Å². The Morgan fingerprint density at radius 1 is 1.38 bits per heavy atom. The number of nitrogens with one attached hydrogen (secondary N) is 2. The second-order valence-electron chi connectivity index (χ2n) is 5.06. The van der Waals surface area contributed by atoms with Crippen LogP contribution in [0.2, 0.25) is 0 Å². The molecule has 1 aromatic rings. The largest absolute Gasteiger partial charge is 0.378 e. The van der Waals surface area contributed by atoms with E-state index in [1.165, 1.54) is 12.1 Å². The van der Waals surface area contributed by atoms with E-state index in [2.05, 4.69) is 15.5 Å². The molecule has 1 atom stereocenters. The Morgan fingerprint density at radius 2 is 2.19 bits per heavy atom. The van der Waals surface area contributed by atoms with Crippen molar-refractivity contribution in [2.75, 3.05) is 48.1 Å². The number of nitrogens with zero attached hydrogens (tertiary/aromatic N) is 1. The molecule has 2 fully saturated rings. The molecule has 5 nitrogen and oxygen atoms in total. The van der Waals surface area contributed by atoms with Gasteiger partial charge in [-0.25, -0.2) is 4.39 Å². The molecule has 0 aromatic heterocycles. The van der Waals surface area contributed by atoms with Gasteiger partial charge >= 0.3 is 0 Å². The van der Waals surface area contributed by atoms with E-state index in [1.807, 2.05) is 6.07 Å². The third-order valence-electron chi connectivity index (χ3n) is 3.56. The lowest BCUT2D eigenvalue weighted by Gasteiger charge is -2.29. The molecule has 2 aliphatic rings. The van der Waals surface area contributed by atoms with Crippen LogP contribution in [-0.2, 0) is 9.53 Å². The molecule has 7 heteroatoms. The molecule has 3 rings (SSSR count). The molecule has 2 heterocycles. The Hall–Kier alpha value is -1.31. The van der Waals surface area contributed by atoms with Crippen LogP contribution in [0.5, 0.6) is 0 Å². The van der Waals surface area contributed by atoms with Crippen LogP contribution >= 0.6 is 11.8 Å². The topological polar surface area (TPSA) is 53.6 Å². The lowest BCUT2D eigenvalue weighted by molar-refractivity contribution is -0.117. The van der Waals surface area contributed by atoms with Crippen LogP contribution < -0.4 is 15.5 Å². The first kappa shape index (κ1) is 14.6. The van der Waals surface area contributed by atoms with Crippen LogP contribution in [0.4, 0.5) is 15.8 Å². The molecule has 1 amide bonds. The number of morpholine rings is 1. The monoisotopic (exact) mass is 311 g/mol. The third-order valence-corrected chi connectivity index (χ3v) is 4.50. The van der Waals surface area contributed by atoms with Gasteiger partial charge in [-0.15, -0.1) is 11.8 Å². The zero-order valence-corrected chi connectivity index (χ0v) is 12.4. The number of carbonyl (C=O) groups is 1. The number of hydrogen-bond acceptors (Lipinski definition) is 5. The van der Waals surface area contributed by atoms with E-state index in [0.717, 1.165) is 30.4 Å². The number of rotatable bonds is 3. The molecule has 0 saturated carbocycles. The molecule has 21 heavy (non-hydrogen) atoms. The number of amides is 1. The minimum absolute atomic E-state index is 0.112. The Kier molecular flexibility index (Phi) is 4.62. The summed E-state index contributed by atoms with van der Waals surface area (Å²) in [6.07, 6.45) is 0. The summed E-state index contributed by atoms with van der Waals surface area (Å²) in [5, 5.41) is 5.89. The Bertz CT molecular complexity index is 517. The molecule has 2 aliphatic heterocycles. The van der Waals surface area contributed by atoms with Crippen molar-refractivity contribution in [1.29, 1.82) is 0 Å². The molecule has 114 valence electrons. The minimum atomic E-state index is -0.344. The molecule has 2 saturated heterocycles. The summed E-state index contributed by atoms with van der Waals surface area (Å²) in [5.74, 6) is 1.07. The first-order valence-corrected chi connectivity index (χ1v) is 8.13. The van der Waals surface area contributed by atoms with Gasteiger partial charge in [-0.05, 0) is 18.2 Å². The number of ether oxygens (including phenoxy) is 1. The van der Waals surface area contributed by atoms with Gasteiger partial charge in [-0.3, -0.25) is 10.1 Å². The lowest BCUT2D eigenvalue weighted by atomic mass is 10.2. The molecular weight excluding hydrogens is 293 g/mol. The van der Waals surface area contributed by atoms with E-state index in [0.29, 0.717) is 18.9 Å². The number of anilines is 2. The van der Waals surface area contributed by atoms with Gasteiger partial charge in [0.1, 0.15) is 5.82 Å². The fourth-order valence-corrected chi connectivity index (χ4v) is 3.39. The third kappa shape index (κ3) is 3.66. The molecule has 0 bridgehead atoms. The van der Waals surface area contributed by atoms with Crippen LogP contribution in [0.15, 0.2) is 18.2 Å². The zero-order valence-electron chi connectivity index (χ0n) is 11.6. The quantitative estimate of drug-likeness (QED) is 0.880. The fraction of sp³-hybridized carbons (Fsp3) is 0.500. The maximum atomic E-state index is 13.8. The van der Waals surface area contributed by atoms with Crippen molar-refractivity contribution in [3.63, 3.8) is 0 Å². The standard InChI is InChI=1S/C14H18FN3O2S/c15-10-5-11(17-14(19)13-8-21-9-16-13)7-12(6-10)18-1-3-20-4-2-18/h5-7,13,16H,1-4,8-9H2,(H,17,19). The smallest absolute Gasteiger partial charge is 0.242 e. The Balaban J connectivity index is 1.72. The lowest BCUT2D eigenvalue weighted by Crippen LogP contribution is -2.38. The summed E-state index contributed by atoms with van der Waals surface area (Å²) in [5.41, 5.74) is 1.28. The molecule has 0 spiro atoms. The normalized spacial score (nSPS) is 22.3. The van der Waals surface area contributed by atoms with E-state index in [-0.39, 0.29) is 17.8 Å². The first-order chi connectivity index (χ1) is 10.2. The Labute approximate surface area is 127 Å². The number of thioether (sulfide) groups is 1. The molecular formula is C14H18FN3O2S. The summed E-state index contributed by atoms with van der Waals surface area (Å²) in [6, 6.07) is 4.45. The van der Waals surface area contributed by atoms with Crippen molar-refractivity contribution < 1.29 is 13.9 Å². The Morgan fingerprint density at radius 3 is 2.90 bits per heavy atom. The first-order valence-electron chi connectivity index (χ1n) is 6.98. The van der Waals surface area contributed by atoms with Gasteiger partial charge in [-0.2, -0.15) is 0 Å². The summed E-state index contributed by atoms with van der Waals surface area (Å²) in [7, 11) is 0. The van der Waals surface area contributed by atoms with Crippen LogP contribution in [0, 0.1) is 5.82 Å². The zero-order chi connectivity index (χ0) is 14.7. The molecule has 0 radical (unpaired) electrons. The second kappa shape index (κ2) is 6.64. The molecule has 1 aromatic carbocycles. The second-order valence-corrected chi connectivity index (χ2v) is 6.09. The van der Waals surface area contributed by atoms with Crippen molar-refractivity contribution in [3.05, 3.63) is 24.0 Å². The highest BCUT2D eigenvalue weighted by molar-refractivity contribution is 7.99. The molecule has 0 aliphatic carbocycles. The average Bonchev–Trinajstić information content (AvgIpc) is 3.02. The number of halogens is 1. The van der Waals surface area contributed by atoms with Gasteiger partial charge < -0.3 is 15.0 Å². The van der Waals surface area contributed by atoms with E-state index < -0.39 is 0 Å². The highest BCUT2D eigenvalue weighted by Crippen LogP contribution is 2.23. The maximum absolute atomic E-state index is 13.8. The van der Waals surface area contributed by atoms with Crippen molar-refractivity contribution in [3.8, 4) is 0 Å². The van der Waals surface area contributed by atoms with Crippen LogP contribution in [0.1, 0.15) is 0 Å². The van der Waals surface area contributed by atoms with E-state index in [1.54, 1.807) is 11.8 Å². The van der Waals surface area contributed by atoms with Gasteiger partial charge in [0.15, 0.2) is 0 Å². The van der Waals surface area contributed by atoms with E-state index in [9.17, 15) is 9.18 Å². The maximum Gasteiger partial charge on any atom is 0.242 e. The summed E-state index contributed by atoms with van der Waals surface area (Å²) in [6.45, 7) is 2.75. The predicted octanol–water partition coefficient (Wildman–Crippen LogP) is 1.26. The fourth-order valence-electron chi connectivity index (χ4n) is 2.44. The van der Waals surface area contributed by atoms with Crippen LogP contribution in [0.3, 0.4) is 0 Å². The highest BCUT2D eigenvalue weighted by Gasteiger charge is 2.23. The highest BCUT2D eigenvalue weighted by atomic mass is 32.2. The van der Waals surface area contributed by atoms with E-state index in [4.69, 9.17) is 4.74 Å². The number of hydrogen-bond donors (Lipinski definition) is 2. The predicted molar refractivity (Wildman–Crippen MR) is 82.3 cm³/mol. The summed E-state index contributed by atoms with van der Waals surface area (Å²) in [4.78, 5) is 14.1. The average molecular weight is 311 g/mol.